The summed E-state index contributed by atoms with van der Waals surface area (Å²) in [7, 11) is 0. The number of H-pyrrole nitrogens is 1. The molecule has 3 heterocycles. The lowest BCUT2D eigenvalue weighted by Gasteiger charge is -2.08. The molecule has 0 atom stereocenters. The van der Waals surface area contributed by atoms with Crippen LogP contribution in [0, 0.1) is 6.92 Å². The monoisotopic (exact) mass is 418 g/mol. The van der Waals surface area contributed by atoms with E-state index in [0.717, 1.165) is 16.8 Å². The standard InChI is InChI=1S/C21H19ClN8/c1-14-10-19(30-29-14)27-21-26-18(8-7-15-4-2-6-17(22)11-15)25-20(28-21)24-13-16-5-3-9-23-12-16/h2-12H,13H2,1H3,(H3,24,25,26,27,28,29,30)/b8-7+. The predicted octanol–water partition coefficient (Wildman–Crippen LogP) is 4.48. The van der Waals surface area contributed by atoms with Crippen molar-refractivity contribution in [3.63, 3.8) is 0 Å². The molecule has 0 bridgehead atoms. The summed E-state index contributed by atoms with van der Waals surface area (Å²) in [6.07, 6.45) is 7.23. The van der Waals surface area contributed by atoms with Gasteiger partial charge in [-0.05, 0) is 42.3 Å². The zero-order valence-corrected chi connectivity index (χ0v) is 16.9. The smallest absolute Gasteiger partial charge is 0.233 e. The first kappa shape index (κ1) is 19.5. The number of nitrogens with zero attached hydrogens (tertiary/aromatic N) is 5. The van der Waals surface area contributed by atoms with E-state index in [2.05, 4.69) is 40.8 Å². The van der Waals surface area contributed by atoms with E-state index in [1.165, 1.54) is 0 Å². The van der Waals surface area contributed by atoms with Gasteiger partial charge in [0.25, 0.3) is 0 Å². The maximum atomic E-state index is 6.06. The van der Waals surface area contributed by atoms with Crippen molar-refractivity contribution in [2.75, 3.05) is 10.6 Å². The Bertz CT molecular complexity index is 1160. The van der Waals surface area contributed by atoms with Gasteiger partial charge in [0.05, 0.1) is 0 Å². The lowest BCUT2D eigenvalue weighted by Crippen LogP contribution is -2.08. The highest BCUT2D eigenvalue weighted by Gasteiger charge is 2.07. The summed E-state index contributed by atoms with van der Waals surface area (Å²) < 4.78 is 0. The molecule has 150 valence electrons. The number of nitrogens with one attached hydrogen (secondary N) is 3. The third-order valence-electron chi connectivity index (χ3n) is 4.05. The highest BCUT2D eigenvalue weighted by Crippen LogP contribution is 2.16. The predicted molar refractivity (Wildman–Crippen MR) is 118 cm³/mol. The number of benzene rings is 1. The zero-order chi connectivity index (χ0) is 20.8. The highest BCUT2D eigenvalue weighted by atomic mass is 35.5. The maximum absolute atomic E-state index is 6.06. The minimum Gasteiger partial charge on any atom is -0.350 e. The fourth-order valence-electron chi connectivity index (χ4n) is 2.66. The van der Waals surface area contributed by atoms with Gasteiger partial charge in [0.1, 0.15) is 0 Å². The van der Waals surface area contributed by atoms with Gasteiger partial charge >= 0.3 is 0 Å². The second-order valence-electron chi connectivity index (χ2n) is 6.51. The summed E-state index contributed by atoms with van der Waals surface area (Å²) in [5, 5.41) is 14.0. The Morgan fingerprint density at radius 3 is 2.70 bits per heavy atom. The molecule has 0 spiro atoms. The average Bonchev–Trinajstić information content (AvgIpc) is 3.16. The Morgan fingerprint density at radius 1 is 1.03 bits per heavy atom. The molecular formula is C21H19ClN8. The van der Waals surface area contributed by atoms with Gasteiger partial charge in [-0.1, -0.05) is 35.9 Å². The van der Waals surface area contributed by atoms with Crippen molar-refractivity contribution in [3.8, 4) is 0 Å². The summed E-state index contributed by atoms with van der Waals surface area (Å²) in [6, 6.07) is 13.3. The molecule has 0 amide bonds. The highest BCUT2D eigenvalue weighted by molar-refractivity contribution is 6.30. The molecule has 3 aromatic heterocycles. The lowest BCUT2D eigenvalue weighted by molar-refractivity contribution is 0.984. The van der Waals surface area contributed by atoms with E-state index in [4.69, 9.17) is 11.6 Å². The van der Waals surface area contributed by atoms with Crippen molar-refractivity contribution < 1.29 is 0 Å². The number of aryl methyl sites for hydroxylation is 1. The van der Waals surface area contributed by atoms with Crippen molar-refractivity contribution in [1.29, 1.82) is 0 Å². The van der Waals surface area contributed by atoms with Gasteiger partial charge in [-0.25, -0.2) is 0 Å². The van der Waals surface area contributed by atoms with Crippen molar-refractivity contribution in [2.45, 2.75) is 13.5 Å². The van der Waals surface area contributed by atoms with Crippen LogP contribution in [-0.2, 0) is 6.54 Å². The van der Waals surface area contributed by atoms with Crippen molar-refractivity contribution in [3.05, 3.63) is 82.5 Å². The number of aromatic nitrogens is 6. The molecule has 9 heteroatoms. The molecule has 30 heavy (non-hydrogen) atoms. The van der Waals surface area contributed by atoms with Crippen molar-refractivity contribution in [2.24, 2.45) is 0 Å². The van der Waals surface area contributed by atoms with Crippen LogP contribution < -0.4 is 10.6 Å². The third kappa shape index (κ3) is 5.39. The van der Waals surface area contributed by atoms with Crippen LogP contribution in [0.5, 0.6) is 0 Å². The van der Waals surface area contributed by atoms with Gasteiger partial charge in [-0.3, -0.25) is 10.1 Å². The zero-order valence-electron chi connectivity index (χ0n) is 16.2. The first-order valence-electron chi connectivity index (χ1n) is 9.25. The molecule has 0 saturated carbocycles. The Labute approximate surface area is 178 Å². The Balaban J connectivity index is 1.59. The first-order valence-corrected chi connectivity index (χ1v) is 9.63. The van der Waals surface area contributed by atoms with E-state index in [9.17, 15) is 0 Å². The van der Waals surface area contributed by atoms with E-state index in [1.54, 1.807) is 12.4 Å². The van der Waals surface area contributed by atoms with Crippen LogP contribution in [0.25, 0.3) is 12.2 Å². The first-order chi connectivity index (χ1) is 14.6. The molecule has 4 rings (SSSR count). The van der Waals surface area contributed by atoms with Crippen LogP contribution in [0.2, 0.25) is 5.02 Å². The number of halogens is 1. The number of hydrogen-bond donors (Lipinski definition) is 3. The molecule has 0 saturated heterocycles. The van der Waals surface area contributed by atoms with E-state index in [1.807, 2.05) is 61.5 Å². The molecule has 8 nitrogen and oxygen atoms in total. The van der Waals surface area contributed by atoms with E-state index in [-0.39, 0.29) is 0 Å². The van der Waals surface area contributed by atoms with Gasteiger partial charge in [-0.15, -0.1) is 0 Å². The van der Waals surface area contributed by atoms with Gasteiger partial charge in [0.2, 0.25) is 11.9 Å². The summed E-state index contributed by atoms with van der Waals surface area (Å²) in [5.41, 5.74) is 2.90. The quantitative estimate of drug-likeness (QED) is 0.406. The number of aromatic amines is 1. The molecule has 0 fully saturated rings. The third-order valence-corrected chi connectivity index (χ3v) is 4.28. The van der Waals surface area contributed by atoms with Crippen LogP contribution in [0.3, 0.4) is 0 Å². The van der Waals surface area contributed by atoms with Crippen molar-refractivity contribution in [1.82, 2.24) is 30.1 Å². The molecular weight excluding hydrogens is 400 g/mol. The Kier molecular flexibility index (Phi) is 5.95. The van der Waals surface area contributed by atoms with Gasteiger partial charge in [0.15, 0.2) is 11.6 Å². The van der Waals surface area contributed by atoms with Gasteiger partial charge < -0.3 is 10.6 Å². The molecule has 4 aromatic rings. The largest absolute Gasteiger partial charge is 0.350 e. The van der Waals surface area contributed by atoms with Crippen LogP contribution in [-0.4, -0.2) is 30.1 Å². The molecule has 0 aliphatic rings. The normalized spacial score (nSPS) is 11.0. The van der Waals surface area contributed by atoms with E-state index >= 15 is 0 Å². The average molecular weight is 419 g/mol. The maximum Gasteiger partial charge on any atom is 0.233 e. The van der Waals surface area contributed by atoms with E-state index in [0.29, 0.717) is 35.1 Å². The summed E-state index contributed by atoms with van der Waals surface area (Å²) >= 11 is 6.06. The summed E-state index contributed by atoms with van der Waals surface area (Å²) in [4.78, 5) is 17.5. The topological polar surface area (TPSA) is 104 Å². The second kappa shape index (κ2) is 9.15. The van der Waals surface area contributed by atoms with Gasteiger partial charge in [-0.2, -0.15) is 20.1 Å². The summed E-state index contributed by atoms with van der Waals surface area (Å²) in [6.45, 7) is 2.46. The van der Waals surface area contributed by atoms with Crippen LogP contribution in [0.4, 0.5) is 17.7 Å². The fraction of sp³-hybridized carbons (Fsp3) is 0.0952. The molecule has 1 aromatic carbocycles. The molecule has 3 N–H and O–H groups in total. The van der Waals surface area contributed by atoms with Crippen LogP contribution in [0.15, 0.2) is 54.9 Å². The SMILES string of the molecule is Cc1cc(Nc2nc(/C=C/c3cccc(Cl)c3)nc(NCc3cccnc3)n2)n[nH]1. The number of pyridine rings is 1. The molecule has 0 radical (unpaired) electrons. The van der Waals surface area contributed by atoms with E-state index < -0.39 is 0 Å². The van der Waals surface area contributed by atoms with Crippen LogP contribution in [0.1, 0.15) is 22.6 Å². The minimum absolute atomic E-state index is 0.385. The molecule has 0 unspecified atom stereocenters. The fourth-order valence-corrected chi connectivity index (χ4v) is 2.86. The number of hydrogen-bond acceptors (Lipinski definition) is 7. The molecule has 0 aliphatic carbocycles. The second-order valence-corrected chi connectivity index (χ2v) is 6.94. The molecule has 0 aliphatic heterocycles. The van der Waals surface area contributed by atoms with Crippen LogP contribution >= 0.6 is 11.6 Å². The lowest BCUT2D eigenvalue weighted by atomic mass is 10.2. The number of rotatable bonds is 7. The Morgan fingerprint density at radius 2 is 1.93 bits per heavy atom. The number of anilines is 3. The van der Waals surface area contributed by atoms with Crippen molar-refractivity contribution >= 4 is 41.5 Å². The minimum atomic E-state index is 0.385. The summed E-state index contributed by atoms with van der Waals surface area (Å²) in [5.74, 6) is 1.94. The Hall–Kier alpha value is -3.78. The van der Waals surface area contributed by atoms with Gasteiger partial charge in [0, 0.05) is 35.7 Å².